The van der Waals surface area contributed by atoms with Crippen LogP contribution in [0.15, 0.2) is 67.1 Å². The number of anilines is 1. The van der Waals surface area contributed by atoms with Crippen molar-refractivity contribution >= 4 is 17.7 Å². The Morgan fingerprint density at radius 2 is 2.03 bits per heavy atom. The van der Waals surface area contributed by atoms with Crippen LogP contribution in [0, 0.1) is 0 Å². The van der Waals surface area contributed by atoms with Crippen LogP contribution in [0.2, 0.25) is 0 Å². The SMILES string of the molecule is CCCCOc1ccc(/C=C/C(=O)Nc2cccc(Oc3cnccn3)c2)cc1OC. The highest BCUT2D eigenvalue weighted by Crippen LogP contribution is 2.29. The molecule has 0 saturated carbocycles. The molecule has 31 heavy (non-hydrogen) atoms. The van der Waals surface area contributed by atoms with Gasteiger partial charge in [0.15, 0.2) is 11.5 Å². The molecule has 0 radical (unpaired) electrons. The number of hydrogen-bond donors (Lipinski definition) is 1. The Hall–Kier alpha value is -3.87. The third-order valence-electron chi connectivity index (χ3n) is 4.23. The zero-order chi connectivity index (χ0) is 21.9. The van der Waals surface area contributed by atoms with E-state index in [0.717, 1.165) is 18.4 Å². The normalized spacial score (nSPS) is 10.6. The van der Waals surface area contributed by atoms with E-state index in [4.69, 9.17) is 14.2 Å². The smallest absolute Gasteiger partial charge is 0.248 e. The molecule has 160 valence electrons. The van der Waals surface area contributed by atoms with Gasteiger partial charge in [-0.2, -0.15) is 0 Å². The molecule has 2 aromatic carbocycles. The van der Waals surface area contributed by atoms with Crippen LogP contribution in [0.25, 0.3) is 6.08 Å². The van der Waals surface area contributed by atoms with Gasteiger partial charge in [-0.25, -0.2) is 4.98 Å². The van der Waals surface area contributed by atoms with Crippen molar-refractivity contribution in [3.05, 3.63) is 72.7 Å². The summed E-state index contributed by atoms with van der Waals surface area (Å²) < 4.78 is 16.8. The van der Waals surface area contributed by atoms with Gasteiger partial charge in [-0.15, -0.1) is 0 Å². The second-order valence-corrected chi connectivity index (χ2v) is 6.61. The maximum Gasteiger partial charge on any atom is 0.248 e. The first-order chi connectivity index (χ1) is 15.2. The zero-order valence-electron chi connectivity index (χ0n) is 17.6. The molecule has 7 heteroatoms. The second kappa shape index (κ2) is 11.3. The summed E-state index contributed by atoms with van der Waals surface area (Å²) in [5.41, 5.74) is 1.43. The van der Waals surface area contributed by atoms with Gasteiger partial charge in [-0.3, -0.25) is 9.78 Å². The highest BCUT2D eigenvalue weighted by Gasteiger charge is 2.06. The standard InChI is InChI=1S/C24H25N3O4/c1-3-4-14-30-21-10-8-18(15-22(21)29-2)9-11-23(28)27-19-6-5-7-20(16-19)31-24-17-25-12-13-26-24/h5-13,15-17H,3-4,14H2,1-2H3,(H,27,28)/b11-9+. The minimum atomic E-state index is -0.265. The first-order valence-electron chi connectivity index (χ1n) is 10.0. The number of methoxy groups -OCH3 is 1. The van der Waals surface area contributed by atoms with Crippen molar-refractivity contribution in [1.29, 1.82) is 0 Å². The van der Waals surface area contributed by atoms with Crippen LogP contribution in [-0.2, 0) is 4.79 Å². The van der Waals surface area contributed by atoms with E-state index >= 15 is 0 Å². The maximum absolute atomic E-state index is 12.3. The molecule has 3 rings (SSSR count). The van der Waals surface area contributed by atoms with Crippen molar-refractivity contribution in [3.63, 3.8) is 0 Å². The molecule has 1 N–H and O–H groups in total. The summed E-state index contributed by atoms with van der Waals surface area (Å²) in [6.45, 7) is 2.75. The molecule has 0 spiro atoms. The van der Waals surface area contributed by atoms with Crippen molar-refractivity contribution in [2.24, 2.45) is 0 Å². The van der Waals surface area contributed by atoms with E-state index in [-0.39, 0.29) is 5.91 Å². The van der Waals surface area contributed by atoms with Gasteiger partial charge in [0.05, 0.1) is 19.9 Å². The quantitative estimate of drug-likeness (QED) is 0.363. The maximum atomic E-state index is 12.3. The first kappa shape index (κ1) is 21.8. The van der Waals surface area contributed by atoms with Gasteiger partial charge in [0.1, 0.15) is 5.75 Å². The first-order valence-corrected chi connectivity index (χ1v) is 10.0. The lowest BCUT2D eigenvalue weighted by Crippen LogP contribution is -2.07. The zero-order valence-corrected chi connectivity index (χ0v) is 17.6. The number of rotatable bonds is 10. The fraction of sp³-hybridized carbons (Fsp3) is 0.208. The van der Waals surface area contributed by atoms with E-state index < -0.39 is 0 Å². The van der Waals surface area contributed by atoms with E-state index in [0.29, 0.717) is 35.4 Å². The van der Waals surface area contributed by atoms with Crippen molar-refractivity contribution < 1.29 is 19.0 Å². The van der Waals surface area contributed by atoms with E-state index in [1.807, 2.05) is 18.2 Å². The number of nitrogens with one attached hydrogen (secondary N) is 1. The molecule has 0 atom stereocenters. The number of unbranched alkanes of at least 4 members (excludes halogenated alkanes) is 1. The van der Waals surface area contributed by atoms with Crippen LogP contribution in [0.5, 0.6) is 23.1 Å². The lowest BCUT2D eigenvalue weighted by molar-refractivity contribution is -0.111. The van der Waals surface area contributed by atoms with Crippen LogP contribution in [0.1, 0.15) is 25.3 Å². The Kier molecular flexibility index (Phi) is 7.99. The van der Waals surface area contributed by atoms with Crippen molar-refractivity contribution in [1.82, 2.24) is 9.97 Å². The summed E-state index contributed by atoms with van der Waals surface area (Å²) in [5.74, 6) is 1.98. The number of ether oxygens (including phenoxy) is 3. The number of aromatic nitrogens is 2. The minimum absolute atomic E-state index is 0.265. The van der Waals surface area contributed by atoms with Crippen LogP contribution in [-0.4, -0.2) is 29.6 Å². The van der Waals surface area contributed by atoms with E-state index in [1.54, 1.807) is 49.8 Å². The molecule has 0 aliphatic heterocycles. The van der Waals surface area contributed by atoms with E-state index in [1.165, 1.54) is 12.3 Å². The molecule has 0 aliphatic carbocycles. The van der Waals surface area contributed by atoms with Gasteiger partial charge in [0, 0.05) is 30.2 Å². The van der Waals surface area contributed by atoms with Crippen LogP contribution < -0.4 is 19.5 Å². The van der Waals surface area contributed by atoms with E-state index in [2.05, 4.69) is 22.2 Å². The molecule has 7 nitrogen and oxygen atoms in total. The number of carbonyl (C=O) groups excluding carboxylic acids is 1. The summed E-state index contributed by atoms with van der Waals surface area (Å²) in [7, 11) is 1.60. The molecular formula is C24H25N3O4. The average molecular weight is 419 g/mol. The highest BCUT2D eigenvalue weighted by atomic mass is 16.5. The Bertz CT molecular complexity index is 1020. The number of hydrogen-bond acceptors (Lipinski definition) is 6. The largest absolute Gasteiger partial charge is 0.493 e. The molecular weight excluding hydrogens is 394 g/mol. The molecule has 1 aromatic heterocycles. The predicted molar refractivity (Wildman–Crippen MR) is 120 cm³/mol. The van der Waals surface area contributed by atoms with E-state index in [9.17, 15) is 4.79 Å². The summed E-state index contributed by atoms with van der Waals surface area (Å²) in [6, 6.07) is 12.6. The molecule has 3 aromatic rings. The monoisotopic (exact) mass is 419 g/mol. The Morgan fingerprint density at radius 1 is 1.13 bits per heavy atom. The van der Waals surface area contributed by atoms with Gasteiger partial charge >= 0.3 is 0 Å². The molecule has 1 amide bonds. The Morgan fingerprint density at radius 3 is 2.81 bits per heavy atom. The third-order valence-corrected chi connectivity index (χ3v) is 4.23. The summed E-state index contributed by atoms with van der Waals surface area (Å²) in [4.78, 5) is 20.4. The number of benzene rings is 2. The third kappa shape index (κ3) is 6.85. The minimum Gasteiger partial charge on any atom is -0.493 e. The van der Waals surface area contributed by atoms with Gasteiger partial charge in [0.25, 0.3) is 0 Å². The molecule has 0 aliphatic rings. The number of amides is 1. The van der Waals surface area contributed by atoms with Crippen molar-refractivity contribution in [2.75, 3.05) is 19.0 Å². The molecule has 0 saturated heterocycles. The summed E-state index contributed by atoms with van der Waals surface area (Å²) in [6.07, 6.45) is 9.85. The van der Waals surface area contributed by atoms with Crippen LogP contribution in [0.4, 0.5) is 5.69 Å². The van der Waals surface area contributed by atoms with Gasteiger partial charge in [-0.1, -0.05) is 25.5 Å². The topological polar surface area (TPSA) is 82.6 Å². The lowest BCUT2D eigenvalue weighted by Gasteiger charge is -2.11. The fourth-order valence-corrected chi connectivity index (χ4v) is 2.69. The second-order valence-electron chi connectivity index (χ2n) is 6.61. The number of carbonyl (C=O) groups is 1. The van der Waals surface area contributed by atoms with Crippen LogP contribution >= 0.6 is 0 Å². The fourth-order valence-electron chi connectivity index (χ4n) is 2.69. The average Bonchev–Trinajstić information content (AvgIpc) is 2.79. The van der Waals surface area contributed by atoms with Crippen LogP contribution in [0.3, 0.4) is 0 Å². The molecule has 0 bridgehead atoms. The van der Waals surface area contributed by atoms with Gasteiger partial charge in [-0.05, 0) is 42.3 Å². The van der Waals surface area contributed by atoms with Crippen molar-refractivity contribution in [3.8, 4) is 23.1 Å². The molecule has 0 fully saturated rings. The number of nitrogens with zero attached hydrogens (tertiary/aromatic N) is 2. The predicted octanol–water partition coefficient (Wildman–Crippen LogP) is 5.11. The highest BCUT2D eigenvalue weighted by molar-refractivity contribution is 6.02. The lowest BCUT2D eigenvalue weighted by atomic mass is 10.2. The van der Waals surface area contributed by atoms with Gasteiger partial charge in [0.2, 0.25) is 11.8 Å². The molecule has 0 unspecified atom stereocenters. The molecule has 1 heterocycles. The Labute approximate surface area is 181 Å². The van der Waals surface area contributed by atoms with Crippen molar-refractivity contribution in [2.45, 2.75) is 19.8 Å². The van der Waals surface area contributed by atoms with Gasteiger partial charge < -0.3 is 19.5 Å². The Balaban J connectivity index is 1.61. The summed E-state index contributed by atoms with van der Waals surface area (Å²) in [5, 5.41) is 2.81. The summed E-state index contributed by atoms with van der Waals surface area (Å²) >= 11 is 0.